The summed E-state index contributed by atoms with van der Waals surface area (Å²) in [6, 6.07) is 17.8. The summed E-state index contributed by atoms with van der Waals surface area (Å²) in [6.07, 6.45) is -4.41. The first-order valence-electron chi connectivity index (χ1n) is 13.8. The van der Waals surface area contributed by atoms with E-state index in [1.807, 2.05) is 34.6 Å². The fourth-order valence-electron chi connectivity index (χ4n) is 5.39. The molecule has 1 unspecified atom stereocenters. The van der Waals surface area contributed by atoms with E-state index < -0.39 is 17.0 Å². The highest BCUT2D eigenvalue weighted by molar-refractivity contribution is 8.00. The van der Waals surface area contributed by atoms with Gasteiger partial charge in [0.05, 0.1) is 22.9 Å². The molecule has 0 radical (unpaired) electrons. The number of anilines is 1. The molecule has 43 heavy (non-hydrogen) atoms. The van der Waals surface area contributed by atoms with Gasteiger partial charge in [-0.25, -0.2) is 9.37 Å². The van der Waals surface area contributed by atoms with Crippen LogP contribution in [-0.4, -0.2) is 62.0 Å². The van der Waals surface area contributed by atoms with E-state index >= 15 is 0 Å². The molecule has 5 aromatic rings. The van der Waals surface area contributed by atoms with Crippen LogP contribution in [0, 0.1) is 12.7 Å². The lowest BCUT2D eigenvalue weighted by Crippen LogP contribution is -2.50. The number of halogens is 4. The third kappa shape index (κ3) is 5.88. The standard InChI is InChI=1S/C31H28F4N6OS/c1-19-10-11-26-24(16-19)27-28(41(26)18-21-6-3-4-9-25(21)32)36-30(38-37-27)43-20(2)29(42)40-14-12-39(13-15-40)23-8-5-7-22(17-23)31(33,34)35/h3-11,16-17,20H,12-15,18H2,1-2H3. The Morgan fingerprint density at radius 3 is 2.49 bits per heavy atom. The van der Waals surface area contributed by atoms with E-state index in [4.69, 9.17) is 4.98 Å². The second-order valence-electron chi connectivity index (χ2n) is 10.6. The molecule has 0 bridgehead atoms. The molecule has 1 fully saturated rings. The number of hydrogen-bond donors (Lipinski definition) is 0. The van der Waals surface area contributed by atoms with Gasteiger partial charge in [0.2, 0.25) is 11.1 Å². The van der Waals surface area contributed by atoms with Crippen molar-refractivity contribution in [2.75, 3.05) is 31.1 Å². The van der Waals surface area contributed by atoms with Crippen molar-refractivity contribution in [3.05, 3.63) is 89.2 Å². The lowest BCUT2D eigenvalue weighted by Gasteiger charge is -2.37. The molecule has 0 saturated carbocycles. The van der Waals surface area contributed by atoms with Crippen LogP contribution in [-0.2, 0) is 17.5 Å². The van der Waals surface area contributed by atoms with Crippen molar-refractivity contribution in [2.24, 2.45) is 0 Å². The van der Waals surface area contributed by atoms with Crippen molar-refractivity contribution in [3.63, 3.8) is 0 Å². The Kier molecular flexibility index (Phi) is 7.72. The lowest BCUT2D eigenvalue weighted by molar-refractivity contribution is -0.137. The summed E-state index contributed by atoms with van der Waals surface area (Å²) in [4.78, 5) is 21.7. The minimum Gasteiger partial charge on any atom is -0.368 e. The first-order valence-corrected chi connectivity index (χ1v) is 14.7. The summed E-state index contributed by atoms with van der Waals surface area (Å²) >= 11 is 1.19. The van der Waals surface area contributed by atoms with E-state index in [0.717, 1.165) is 28.6 Å². The minimum atomic E-state index is -4.41. The van der Waals surface area contributed by atoms with Crippen molar-refractivity contribution < 1.29 is 22.4 Å². The number of amides is 1. The molecular formula is C31H28F4N6OS. The maximum absolute atomic E-state index is 14.6. The first-order chi connectivity index (χ1) is 20.6. The number of alkyl halides is 3. The zero-order valence-electron chi connectivity index (χ0n) is 23.5. The fraction of sp³-hybridized carbons (Fsp3) is 0.290. The lowest BCUT2D eigenvalue weighted by atomic mass is 10.1. The van der Waals surface area contributed by atoms with Crippen molar-refractivity contribution in [3.8, 4) is 0 Å². The maximum Gasteiger partial charge on any atom is 0.416 e. The second-order valence-corrected chi connectivity index (χ2v) is 11.9. The number of carbonyl (C=O) groups excluding carboxylic acids is 1. The summed E-state index contributed by atoms with van der Waals surface area (Å²) in [7, 11) is 0. The quantitative estimate of drug-likeness (QED) is 0.166. The number of hydrogen-bond acceptors (Lipinski definition) is 6. The zero-order chi connectivity index (χ0) is 30.3. The molecule has 3 heterocycles. The van der Waals surface area contributed by atoms with E-state index in [9.17, 15) is 22.4 Å². The van der Waals surface area contributed by atoms with Gasteiger partial charge < -0.3 is 14.4 Å². The van der Waals surface area contributed by atoms with Crippen molar-refractivity contribution >= 4 is 45.4 Å². The highest BCUT2D eigenvalue weighted by Crippen LogP contribution is 2.33. The van der Waals surface area contributed by atoms with Crippen LogP contribution in [0.2, 0.25) is 0 Å². The van der Waals surface area contributed by atoms with Gasteiger partial charge in [-0.15, -0.1) is 10.2 Å². The Balaban J connectivity index is 1.19. The van der Waals surface area contributed by atoms with Crippen molar-refractivity contribution in [2.45, 2.75) is 37.0 Å². The van der Waals surface area contributed by atoms with E-state index in [0.29, 0.717) is 53.8 Å². The predicted molar refractivity (Wildman–Crippen MR) is 159 cm³/mol. The third-order valence-corrected chi connectivity index (χ3v) is 8.59. The van der Waals surface area contributed by atoms with Crippen molar-refractivity contribution in [1.29, 1.82) is 0 Å². The number of benzene rings is 3. The van der Waals surface area contributed by atoms with Crippen LogP contribution in [0.15, 0.2) is 71.9 Å². The normalized spacial score (nSPS) is 14.9. The molecule has 2 aromatic heterocycles. The molecular weight excluding hydrogens is 580 g/mol. The molecule has 1 atom stereocenters. The highest BCUT2D eigenvalue weighted by Gasteiger charge is 2.32. The number of nitrogens with zero attached hydrogens (tertiary/aromatic N) is 6. The molecule has 222 valence electrons. The number of piperazine rings is 1. The van der Waals surface area contributed by atoms with E-state index in [2.05, 4.69) is 10.2 Å². The SMILES string of the molecule is Cc1ccc2c(c1)c1nnc(SC(C)C(=O)N3CCN(c4cccc(C(F)(F)F)c4)CC3)nc1n2Cc1ccccc1F. The van der Waals surface area contributed by atoms with Gasteiger partial charge in [-0.3, -0.25) is 4.79 Å². The van der Waals surface area contributed by atoms with E-state index in [1.165, 1.54) is 23.9 Å². The first kappa shape index (κ1) is 28.9. The van der Waals surface area contributed by atoms with Gasteiger partial charge in [0.25, 0.3) is 0 Å². The van der Waals surface area contributed by atoms with Gasteiger partial charge >= 0.3 is 6.18 Å². The van der Waals surface area contributed by atoms with E-state index in [-0.39, 0.29) is 18.3 Å². The smallest absolute Gasteiger partial charge is 0.368 e. The summed E-state index contributed by atoms with van der Waals surface area (Å²) < 4.78 is 56.0. The number of aryl methyl sites for hydroxylation is 1. The Bertz CT molecular complexity index is 1820. The molecule has 1 aliphatic heterocycles. The maximum atomic E-state index is 14.6. The Hall–Kier alpha value is -4.19. The number of aromatic nitrogens is 4. The number of rotatable bonds is 6. The molecule has 0 spiro atoms. The van der Waals surface area contributed by atoms with Gasteiger partial charge in [-0.05, 0) is 50.2 Å². The summed E-state index contributed by atoms with van der Waals surface area (Å²) in [5, 5.41) is 9.45. The molecule has 12 heteroatoms. The summed E-state index contributed by atoms with van der Waals surface area (Å²) in [5.74, 6) is -0.423. The molecule has 3 aromatic carbocycles. The van der Waals surface area contributed by atoms with Gasteiger partial charge in [0.15, 0.2) is 5.65 Å². The number of carbonyl (C=O) groups is 1. The predicted octanol–water partition coefficient (Wildman–Crippen LogP) is 6.32. The fourth-order valence-corrected chi connectivity index (χ4v) is 6.18. The molecule has 0 N–H and O–H groups in total. The van der Waals surface area contributed by atoms with Gasteiger partial charge in [0, 0.05) is 42.8 Å². The van der Waals surface area contributed by atoms with Gasteiger partial charge in [-0.2, -0.15) is 13.2 Å². The summed E-state index contributed by atoms with van der Waals surface area (Å²) in [5.41, 5.74) is 3.36. The summed E-state index contributed by atoms with van der Waals surface area (Å²) in [6.45, 7) is 5.62. The molecule has 7 nitrogen and oxygen atoms in total. The van der Waals surface area contributed by atoms with Crippen LogP contribution in [0.4, 0.5) is 23.2 Å². The van der Waals surface area contributed by atoms with E-state index in [1.54, 1.807) is 36.1 Å². The minimum absolute atomic E-state index is 0.111. The Morgan fingerprint density at radius 2 is 1.74 bits per heavy atom. The average Bonchev–Trinajstić information content (AvgIpc) is 3.29. The average molecular weight is 609 g/mol. The van der Waals surface area contributed by atoms with Crippen LogP contribution < -0.4 is 4.90 Å². The molecule has 6 rings (SSSR count). The Labute approximate surface area is 249 Å². The van der Waals surface area contributed by atoms with Crippen LogP contribution >= 0.6 is 11.8 Å². The molecule has 0 aliphatic carbocycles. The van der Waals surface area contributed by atoms with Crippen LogP contribution in [0.3, 0.4) is 0 Å². The Morgan fingerprint density at radius 1 is 0.977 bits per heavy atom. The van der Waals surface area contributed by atoms with Crippen molar-refractivity contribution in [1.82, 2.24) is 24.6 Å². The zero-order valence-corrected chi connectivity index (χ0v) is 24.3. The number of thioether (sulfide) groups is 1. The van der Waals surface area contributed by atoms with Crippen LogP contribution in [0.25, 0.3) is 22.1 Å². The van der Waals surface area contributed by atoms with Gasteiger partial charge in [0.1, 0.15) is 11.3 Å². The molecule has 1 saturated heterocycles. The second kappa shape index (κ2) is 11.5. The topological polar surface area (TPSA) is 67.2 Å². The molecule has 1 amide bonds. The van der Waals surface area contributed by atoms with Crippen LogP contribution in [0.5, 0.6) is 0 Å². The third-order valence-electron chi connectivity index (χ3n) is 7.65. The monoisotopic (exact) mass is 608 g/mol. The highest BCUT2D eigenvalue weighted by atomic mass is 32.2. The number of fused-ring (bicyclic) bond motifs is 3. The largest absolute Gasteiger partial charge is 0.416 e. The van der Waals surface area contributed by atoms with Crippen LogP contribution in [0.1, 0.15) is 23.6 Å². The van der Waals surface area contributed by atoms with Gasteiger partial charge in [-0.1, -0.05) is 47.7 Å². The molecule has 1 aliphatic rings.